The molecule has 1 aromatic rings. The summed E-state index contributed by atoms with van der Waals surface area (Å²) in [7, 11) is 0. The van der Waals surface area contributed by atoms with Gasteiger partial charge in [0.2, 0.25) is 0 Å². The summed E-state index contributed by atoms with van der Waals surface area (Å²) < 4.78 is 0. The molecule has 0 saturated carbocycles. The third-order valence-electron chi connectivity index (χ3n) is 3.48. The second-order valence-corrected chi connectivity index (χ2v) is 6.02. The highest BCUT2D eigenvalue weighted by atomic mass is 32.1. The van der Waals surface area contributed by atoms with Crippen LogP contribution in [0, 0.1) is 0 Å². The molecular weight excluding hydrogens is 262 g/mol. The van der Waals surface area contributed by atoms with Gasteiger partial charge in [-0.25, -0.2) is 4.98 Å². The fourth-order valence-corrected chi connectivity index (χ4v) is 3.18. The molecule has 0 radical (unpaired) electrons. The van der Waals surface area contributed by atoms with Gasteiger partial charge in [0.05, 0.1) is 11.4 Å². The zero-order chi connectivity index (χ0) is 13.7. The van der Waals surface area contributed by atoms with Crippen LogP contribution in [0.2, 0.25) is 0 Å². The predicted molar refractivity (Wildman–Crippen MR) is 75.7 cm³/mol. The Balaban J connectivity index is 1.73. The molecule has 1 saturated heterocycles. The molecule has 1 aliphatic rings. The summed E-state index contributed by atoms with van der Waals surface area (Å²) in [5.74, 6) is -0.786. The van der Waals surface area contributed by atoms with Crippen molar-refractivity contribution in [3.8, 4) is 0 Å². The summed E-state index contributed by atoms with van der Waals surface area (Å²) in [5, 5.41) is 9.77. The van der Waals surface area contributed by atoms with E-state index in [1.165, 1.54) is 11.3 Å². The number of aromatic nitrogens is 1. The number of piperazine rings is 1. The van der Waals surface area contributed by atoms with Gasteiger partial charge in [-0.05, 0) is 6.54 Å². The molecular formula is C13H21N3O2S. The summed E-state index contributed by atoms with van der Waals surface area (Å²) in [6.07, 6.45) is 2.71. The Bertz CT molecular complexity index is 414. The molecule has 0 spiro atoms. The number of carboxylic acids is 1. The van der Waals surface area contributed by atoms with E-state index in [0.29, 0.717) is 0 Å². The van der Waals surface area contributed by atoms with Crippen LogP contribution in [0.1, 0.15) is 16.8 Å². The maximum atomic E-state index is 10.6. The summed E-state index contributed by atoms with van der Waals surface area (Å²) in [4.78, 5) is 20.7. The van der Waals surface area contributed by atoms with E-state index in [2.05, 4.69) is 21.7 Å². The number of hydrogen-bond donors (Lipinski definition) is 1. The first-order valence-corrected chi connectivity index (χ1v) is 7.59. The van der Waals surface area contributed by atoms with Crippen molar-refractivity contribution in [1.82, 2.24) is 14.8 Å². The van der Waals surface area contributed by atoms with Gasteiger partial charge in [0.25, 0.3) is 0 Å². The van der Waals surface area contributed by atoms with Gasteiger partial charge < -0.3 is 14.9 Å². The maximum Gasteiger partial charge on any atom is 0.308 e. The average molecular weight is 283 g/mol. The number of rotatable bonds is 6. The minimum Gasteiger partial charge on any atom is -0.481 e. The van der Waals surface area contributed by atoms with Gasteiger partial charge in [-0.2, -0.15) is 0 Å². The third-order valence-corrected chi connectivity index (χ3v) is 4.54. The quantitative estimate of drug-likeness (QED) is 0.842. The Labute approximate surface area is 117 Å². The SMILES string of the molecule is CCN1CCN(CCc2ncc(CC(=O)O)s2)CC1. The van der Waals surface area contributed by atoms with E-state index in [-0.39, 0.29) is 6.42 Å². The minimum absolute atomic E-state index is 0.0901. The number of likely N-dealkylation sites (N-methyl/N-ethyl adjacent to an activating group) is 1. The molecule has 1 aromatic heterocycles. The van der Waals surface area contributed by atoms with E-state index in [9.17, 15) is 4.79 Å². The van der Waals surface area contributed by atoms with Crippen LogP contribution in [0.3, 0.4) is 0 Å². The summed E-state index contributed by atoms with van der Waals surface area (Å²) >= 11 is 1.53. The molecule has 0 aliphatic carbocycles. The van der Waals surface area contributed by atoms with E-state index >= 15 is 0 Å². The first-order valence-electron chi connectivity index (χ1n) is 6.77. The fraction of sp³-hybridized carbons (Fsp3) is 0.692. The second kappa shape index (κ2) is 6.98. The van der Waals surface area contributed by atoms with Gasteiger partial charge in [0.15, 0.2) is 0 Å². The van der Waals surface area contributed by atoms with Crippen LogP contribution in [0.4, 0.5) is 0 Å². The van der Waals surface area contributed by atoms with Crippen LogP contribution < -0.4 is 0 Å². The van der Waals surface area contributed by atoms with Crippen molar-refractivity contribution in [3.63, 3.8) is 0 Å². The molecule has 2 heterocycles. The van der Waals surface area contributed by atoms with Crippen LogP contribution in [0.5, 0.6) is 0 Å². The predicted octanol–water partition coefficient (Wildman–Crippen LogP) is 0.950. The average Bonchev–Trinajstić information content (AvgIpc) is 2.84. The van der Waals surface area contributed by atoms with Crippen molar-refractivity contribution in [1.29, 1.82) is 0 Å². The van der Waals surface area contributed by atoms with E-state index in [1.807, 2.05) is 0 Å². The topological polar surface area (TPSA) is 56.7 Å². The van der Waals surface area contributed by atoms with Crippen molar-refractivity contribution < 1.29 is 9.90 Å². The van der Waals surface area contributed by atoms with Gasteiger partial charge >= 0.3 is 5.97 Å². The van der Waals surface area contributed by atoms with Crippen LogP contribution in [-0.4, -0.2) is 65.1 Å². The summed E-state index contributed by atoms with van der Waals surface area (Å²) in [5.41, 5.74) is 0. The van der Waals surface area contributed by atoms with E-state index in [0.717, 1.165) is 55.6 Å². The number of carbonyl (C=O) groups is 1. The first kappa shape index (κ1) is 14.4. The smallest absolute Gasteiger partial charge is 0.308 e. The Morgan fingerprint density at radius 2 is 2.05 bits per heavy atom. The molecule has 106 valence electrons. The summed E-state index contributed by atoms with van der Waals surface area (Å²) in [6, 6.07) is 0. The lowest BCUT2D eigenvalue weighted by molar-refractivity contribution is -0.136. The van der Waals surface area contributed by atoms with Crippen molar-refractivity contribution >= 4 is 17.3 Å². The Morgan fingerprint density at radius 3 is 2.68 bits per heavy atom. The number of nitrogens with zero attached hydrogens (tertiary/aromatic N) is 3. The van der Waals surface area contributed by atoms with E-state index in [4.69, 9.17) is 5.11 Å². The molecule has 5 nitrogen and oxygen atoms in total. The van der Waals surface area contributed by atoms with Crippen molar-refractivity contribution in [2.75, 3.05) is 39.3 Å². The van der Waals surface area contributed by atoms with Crippen LogP contribution >= 0.6 is 11.3 Å². The molecule has 0 aromatic carbocycles. The normalized spacial score (nSPS) is 17.7. The Morgan fingerprint density at radius 1 is 1.37 bits per heavy atom. The van der Waals surface area contributed by atoms with Crippen LogP contribution in [-0.2, 0) is 17.6 Å². The van der Waals surface area contributed by atoms with Gasteiger partial charge in [-0.3, -0.25) is 4.79 Å². The van der Waals surface area contributed by atoms with Gasteiger partial charge in [0, 0.05) is 50.2 Å². The van der Waals surface area contributed by atoms with Gasteiger partial charge in [0.1, 0.15) is 0 Å². The molecule has 1 N–H and O–H groups in total. The number of thiazole rings is 1. The molecule has 19 heavy (non-hydrogen) atoms. The molecule has 1 aliphatic heterocycles. The Hall–Kier alpha value is -0.980. The highest BCUT2D eigenvalue weighted by molar-refractivity contribution is 7.11. The molecule has 1 fully saturated rings. The van der Waals surface area contributed by atoms with Gasteiger partial charge in [-0.1, -0.05) is 6.92 Å². The lowest BCUT2D eigenvalue weighted by Gasteiger charge is -2.33. The van der Waals surface area contributed by atoms with Crippen molar-refractivity contribution in [3.05, 3.63) is 16.1 Å². The number of hydrogen-bond acceptors (Lipinski definition) is 5. The maximum absolute atomic E-state index is 10.6. The molecule has 6 heteroatoms. The van der Waals surface area contributed by atoms with Gasteiger partial charge in [-0.15, -0.1) is 11.3 Å². The monoisotopic (exact) mass is 283 g/mol. The van der Waals surface area contributed by atoms with Crippen molar-refractivity contribution in [2.24, 2.45) is 0 Å². The standard InChI is InChI=1S/C13H21N3O2S/c1-2-15-5-7-16(8-6-15)4-3-12-14-10-11(19-12)9-13(17)18/h10H,2-9H2,1H3,(H,17,18). The zero-order valence-electron chi connectivity index (χ0n) is 11.3. The molecule has 0 bridgehead atoms. The largest absolute Gasteiger partial charge is 0.481 e. The number of carboxylic acid groups (broad SMARTS) is 1. The highest BCUT2D eigenvalue weighted by Crippen LogP contribution is 2.15. The minimum atomic E-state index is -0.786. The van der Waals surface area contributed by atoms with E-state index in [1.54, 1.807) is 6.20 Å². The first-order chi connectivity index (χ1) is 9.17. The molecule has 0 atom stereocenters. The second-order valence-electron chi connectivity index (χ2n) is 4.82. The Kier molecular flexibility index (Phi) is 5.30. The van der Waals surface area contributed by atoms with Crippen molar-refractivity contribution in [2.45, 2.75) is 19.8 Å². The third kappa shape index (κ3) is 4.56. The fourth-order valence-electron chi connectivity index (χ4n) is 2.28. The summed E-state index contributed by atoms with van der Waals surface area (Å²) in [6.45, 7) is 8.92. The highest BCUT2D eigenvalue weighted by Gasteiger charge is 2.15. The lowest BCUT2D eigenvalue weighted by Crippen LogP contribution is -2.46. The van der Waals surface area contributed by atoms with Crippen LogP contribution in [0.15, 0.2) is 6.20 Å². The molecule has 0 amide bonds. The zero-order valence-corrected chi connectivity index (χ0v) is 12.2. The van der Waals surface area contributed by atoms with E-state index < -0.39 is 5.97 Å². The number of aliphatic carboxylic acids is 1. The van der Waals surface area contributed by atoms with Crippen LogP contribution in [0.25, 0.3) is 0 Å². The lowest BCUT2D eigenvalue weighted by atomic mass is 10.3. The molecule has 0 unspecified atom stereocenters. The molecule has 2 rings (SSSR count).